The average molecular weight is 314 g/mol. The smallest absolute Gasteiger partial charge is 0.128 e. The summed E-state index contributed by atoms with van der Waals surface area (Å²) in [6.07, 6.45) is 0. The van der Waals surface area contributed by atoms with Crippen LogP contribution in [0, 0.1) is 5.82 Å². The monoisotopic (exact) mass is 313 g/mol. The van der Waals surface area contributed by atoms with Crippen molar-refractivity contribution < 1.29 is 4.39 Å². The molecule has 2 aromatic rings. The minimum atomic E-state index is -0.176. The van der Waals surface area contributed by atoms with Gasteiger partial charge in [-0.2, -0.15) is 11.3 Å². The molecule has 0 aliphatic rings. The molecule has 1 heterocycles. The van der Waals surface area contributed by atoms with E-state index in [2.05, 4.69) is 39.6 Å². The predicted molar refractivity (Wildman–Crippen MR) is 73.7 cm³/mol. The Bertz CT molecular complexity index is 484. The van der Waals surface area contributed by atoms with Crippen molar-refractivity contribution in [3.05, 3.63) is 56.4 Å². The maximum Gasteiger partial charge on any atom is 0.128 e. The first-order valence-corrected chi connectivity index (χ1v) is 7.10. The third kappa shape index (κ3) is 3.37. The Morgan fingerprint density at radius 3 is 2.88 bits per heavy atom. The highest BCUT2D eigenvalue weighted by Crippen LogP contribution is 2.18. The lowest BCUT2D eigenvalue weighted by molar-refractivity contribution is 0.545. The van der Waals surface area contributed by atoms with Crippen molar-refractivity contribution in [2.75, 3.05) is 0 Å². The minimum absolute atomic E-state index is 0.176. The van der Waals surface area contributed by atoms with Gasteiger partial charge in [0.2, 0.25) is 0 Å². The zero-order valence-electron chi connectivity index (χ0n) is 9.41. The molecule has 0 saturated carbocycles. The van der Waals surface area contributed by atoms with Crippen LogP contribution >= 0.6 is 27.3 Å². The van der Waals surface area contributed by atoms with Gasteiger partial charge in [0.15, 0.2) is 0 Å². The van der Waals surface area contributed by atoms with Gasteiger partial charge in [0.1, 0.15) is 5.82 Å². The van der Waals surface area contributed by atoms with Crippen LogP contribution in [0.1, 0.15) is 24.1 Å². The van der Waals surface area contributed by atoms with Gasteiger partial charge in [-0.05, 0) is 41.4 Å². The lowest BCUT2D eigenvalue weighted by Crippen LogP contribution is -2.18. The predicted octanol–water partition coefficient (Wildman–Crippen LogP) is 4.50. The van der Waals surface area contributed by atoms with Crippen LogP contribution in [0.4, 0.5) is 4.39 Å². The molecule has 0 bridgehead atoms. The second kappa shape index (κ2) is 5.76. The average Bonchev–Trinajstić information content (AvgIpc) is 2.81. The fourth-order valence-corrected chi connectivity index (χ4v) is 2.65. The zero-order chi connectivity index (χ0) is 12.3. The summed E-state index contributed by atoms with van der Waals surface area (Å²) in [6, 6.07) is 7.47. The van der Waals surface area contributed by atoms with Gasteiger partial charge < -0.3 is 5.32 Å². The van der Waals surface area contributed by atoms with Crippen molar-refractivity contribution in [3.63, 3.8) is 0 Å². The van der Waals surface area contributed by atoms with Crippen LogP contribution in [0.3, 0.4) is 0 Å². The molecule has 0 spiro atoms. The molecule has 0 radical (unpaired) electrons. The molecule has 1 aromatic carbocycles. The van der Waals surface area contributed by atoms with E-state index in [9.17, 15) is 4.39 Å². The van der Waals surface area contributed by atoms with E-state index < -0.39 is 0 Å². The highest BCUT2D eigenvalue weighted by Gasteiger charge is 2.07. The summed E-state index contributed by atoms with van der Waals surface area (Å²) in [5.74, 6) is -0.176. The normalized spacial score (nSPS) is 12.6. The molecular weight excluding hydrogens is 301 g/mol. The second-order valence-electron chi connectivity index (χ2n) is 3.90. The number of nitrogens with one attached hydrogen (secondary N) is 1. The Morgan fingerprint density at radius 2 is 2.24 bits per heavy atom. The number of benzene rings is 1. The third-order valence-corrected chi connectivity index (χ3v) is 3.85. The molecule has 2 rings (SSSR count). The van der Waals surface area contributed by atoms with Gasteiger partial charge in [0.05, 0.1) is 0 Å². The number of hydrogen-bond donors (Lipinski definition) is 1. The lowest BCUT2D eigenvalue weighted by Gasteiger charge is -2.13. The molecule has 1 N–H and O–H groups in total. The molecular formula is C13H13BrFNS. The summed E-state index contributed by atoms with van der Waals surface area (Å²) >= 11 is 4.92. The van der Waals surface area contributed by atoms with E-state index in [0.29, 0.717) is 12.1 Å². The Balaban J connectivity index is 1.98. The number of rotatable bonds is 4. The van der Waals surface area contributed by atoms with Gasteiger partial charge >= 0.3 is 0 Å². The van der Waals surface area contributed by atoms with E-state index in [1.807, 2.05) is 11.4 Å². The summed E-state index contributed by atoms with van der Waals surface area (Å²) in [5.41, 5.74) is 1.93. The number of halogens is 2. The highest BCUT2D eigenvalue weighted by molar-refractivity contribution is 9.10. The topological polar surface area (TPSA) is 12.0 Å². The highest BCUT2D eigenvalue weighted by atomic mass is 79.9. The van der Waals surface area contributed by atoms with Crippen LogP contribution in [0.2, 0.25) is 0 Å². The van der Waals surface area contributed by atoms with Crippen molar-refractivity contribution in [2.45, 2.75) is 19.5 Å². The molecule has 1 atom stereocenters. The SMILES string of the molecule is CC(NCc1ccc(Br)cc1F)c1ccsc1. The van der Waals surface area contributed by atoms with Crippen LogP contribution in [0.5, 0.6) is 0 Å². The van der Waals surface area contributed by atoms with Crippen molar-refractivity contribution >= 4 is 27.3 Å². The quantitative estimate of drug-likeness (QED) is 0.876. The summed E-state index contributed by atoms with van der Waals surface area (Å²) < 4.78 is 14.3. The van der Waals surface area contributed by atoms with Crippen LogP contribution in [0.25, 0.3) is 0 Å². The molecule has 0 aliphatic carbocycles. The molecule has 1 nitrogen and oxygen atoms in total. The number of hydrogen-bond acceptors (Lipinski definition) is 2. The van der Waals surface area contributed by atoms with E-state index in [1.54, 1.807) is 17.4 Å². The van der Waals surface area contributed by atoms with Gasteiger partial charge in [0, 0.05) is 22.6 Å². The van der Waals surface area contributed by atoms with Crippen molar-refractivity contribution in [3.8, 4) is 0 Å². The molecule has 1 aromatic heterocycles. The first-order chi connectivity index (χ1) is 8.16. The molecule has 17 heavy (non-hydrogen) atoms. The Morgan fingerprint density at radius 1 is 1.41 bits per heavy atom. The second-order valence-corrected chi connectivity index (χ2v) is 5.59. The fraction of sp³-hybridized carbons (Fsp3) is 0.231. The van der Waals surface area contributed by atoms with Crippen LogP contribution < -0.4 is 5.32 Å². The van der Waals surface area contributed by atoms with E-state index in [-0.39, 0.29) is 11.9 Å². The van der Waals surface area contributed by atoms with E-state index in [4.69, 9.17) is 0 Å². The molecule has 0 aliphatic heterocycles. The van der Waals surface area contributed by atoms with E-state index >= 15 is 0 Å². The van der Waals surface area contributed by atoms with Gasteiger partial charge in [-0.15, -0.1) is 0 Å². The van der Waals surface area contributed by atoms with Crippen molar-refractivity contribution in [1.29, 1.82) is 0 Å². The van der Waals surface area contributed by atoms with E-state index in [0.717, 1.165) is 4.47 Å². The standard InChI is InChI=1S/C13H13BrFNS/c1-9(11-4-5-17-8-11)16-7-10-2-3-12(14)6-13(10)15/h2-6,8-9,16H,7H2,1H3. The Hall–Kier alpha value is -0.710. The van der Waals surface area contributed by atoms with Crippen molar-refractivity contribution in [2.24, 2.45) is 0 Å². The fourth-order valence-electron chi connectivity index (χ4n) is 1.57. The minimum Gasteiger partial charge on any atom is -0.306 e. The van der Waals surface area contributed by atoms with Crippen molar-refractivity contribution in [1.82, 2.24) is 5.32 Å². The summed E-state index contributed by atoms with van der Waals surface area (Å²) in [7, 11) is 0. The molecule has 0 saturated heterocycles. The maximum atomic E-state index is 13.6. The van der Waals surface area contributed by atoms with E-state index in [1.165, 1.54) is 11.6 Å². The molecule has 0 amide bonds. The first kappa shape index (κ1) is 12.7. The van der Waals surface area contributed by atoms with Gasteiger partial charge in [-0.1, -0.05) is 22.0 Å². The Kier molecular flexibility index (Phi) is 4.31. The van der Waals surface area contributed by atoms with Crippen LogP contribution in [-0.2, 0) is 6.54 Å². The third-order valence-electron chi connectivity index (χ3n) is 2.66. The zero-order valence-corrected chi connectivity index (χ0v) is 11.8. The lowest BCUT2D eigenvalue weighted by atomic mass is 10.1. The Labute approximate surface area is 113 Å². The summed E-state index contributed by atoms with van der Waals surface area (Å²) in [5, 5.41) is 7.47. The van der Waals surface area contributed by atoms with Crippen LogP contribution in [-0.4, -0.2) is 0 Å². The first-order valence-electron chi connectivity index (χ1n) is 5.36. The van der Waals surface area contributed by atoms with Gasteiger partial charge in [0.25, 0.3) is 0 Å². The molecule has 4 heteroatoms. The summed E-state index contributed by atoms with van der Waals surface area (Å²) in [6.45, 7) is 2.62. The van der Waals surface area contributed by atoms with Crippen LogP contribution in [0.15, 0.2) is 39.5 Å². The molecule has 0 fully saturated rings. The largest absolute Gasteiger partial charge is 0.306 e. The summed E-state index contributed by atoms with van der Waals surface area (Å²) in [4.78, 5) is 0. The maximum absolute atomic E-state index is 13.6. The molecule has 1 unspecified atom stereocenters. The molecule has 90 valence electrons. The van der Waals surface area contributed by atoms with Gasteiger partial charge in [-0.25, -0.2) is 4.39 Å². The van der Waals surface area contributed by atoms with Gasteiger partial charge in [-0.3, -0.25) is 0 Å². The number of thiophene rings is 1.